The number of hydrogen-bond acceptors (Lipinski definition) is 2. The topological polar surface area (TPSA) is 39.2 Å². The van der Waals surface area contributed by atoms with Gasteiger partial charge in [-0.1, -0.05) is 25.4 Å². The van der Waals surface area contributed by atoms with Crippen molar-refractivity contribution in [1.82, 2.24) is 0 Å². The molecule has 0 bridgehead atoms. The summed E-state index contributed by atoms with van der Waals surface area (Å²) in [6.45, 7) is 4.93. The van der Waals surface area contributed by atoms with Crippen molar-refractivity contribution in [1.29, 1.82) is 0 Å². The van der Waals surface area contributed by atoms with E-state index in [2.05, 4.69) is 19.9 Å². The minimum Gasteiger partial charge on any atom is -0.461 e. The van der Waals surface area contributed by atoms with E-state index >= 15 is 0 Å². The molecule has 3 heteroatoms. The molecule has 1 aromatic heterocycles. The smallest absolute Gasteiger partial charge is 0.134 e. The Morgan fingerprint density at radius 2 is 2.06 bits per heavy atom. The zero-order chi connectivity index (χ0) is 11.7. The molecule has 1 heterocycles. The van der Waals surface area contributed by atoms with Crippen molar-refractivity contribution in [3.63, 3.8) is 0 Å². The van der Waals surface area contributed by atoms with Crippen molar-refractivity contribution in [2.24, 2.45) is 11.7 Å². The second kappa shape index (κ2) is 4.48. The zero-order valence-electron chi connectivity index (χ0n) is 9.53. The van der Waals surface area contributed by atoms with E-state index in [9.17, 15) is 0 Å². The molecular formula is C13H16ClNO. The first-order valence-electron chi connectivity index (χ1n) is 5.51. The molecule has 2 nitrogen and oxygen atoms in total. The molecule has 1 aromatic carbocycles. The van der Waals surface area contributed by atoms with E-state index in [0.29, 0.717) is 18.4 Å². The summed E-state index contributed by atoms with van der Waals surface area (Å²) in [6.07, 6.45) is 0. The van der Waals surface area contributed by atoms with Crippen LogP contribution in [0.15, 0.2) is 28.7 Å². The molecule has 0 saturated carbocycles. The molecule has 0 saturated heterocycles. The van der Waals surface area contributed by atoms with Gasteiger partial charge < -0.3 is 10.2 Å². The van der Waals surface area contributed by atoms with Gasteiger partial charge in [0.1, 0.15) is 11.3 Å². The van der Waals surface area contributed by atoms with E-state index in [-0.39, 0.29) is 0 Å². The van der Waals surface area contributed by atoms with Crippen molar-refractivity contribution in [2.45, 2.75) is 19.8 Å². The molecule has 0 aliphatic carbocycles. The van der Waals surface area contributed by atoms with Crippen LogP contribution in [0.1, 0.15) is 25.5 Å². The van der Waals surface area contributed by atoms with E-state index in [4.69, 9.17) is 21.8 Å². The summed E-state index contributed by atoms with van der Waals surface area (Å²) in [5, 5.41) is 1.79. The maximum Gasteiger partial charge on any atom is 0.134 e. The quantitative estimate of drug-likeness (QED) is 0.882. The van der Waals surface area contributed by atoms with Crippen molar-refractivity contribution in [3.8, 4) is 0 Å². The standard InChI is InChI=1S/C13H16ClNO/c1-8(7-15)9(2)13-6-10-5-11(14)3-4-12(10)16-13/h3-6,8-9H,7,15H2,1-2H3. The van der Waals surface area contributed by atoms with Gasteiger partial charge in [-0.3, -0.25) is 0 Å². The highest BCUT2D eigenvalue weighted by atomic mass is 35.5. The predicted molar refractivity (Wildman–Crippen MR) is 67.9 cm³/mol. The minimum atomic E-state index is 0.330. The van der Waals surface area contributed by atoms with E-state index < -0.39 is 0 Å². The van der Waals surface area contributed by atoms with Crippen LogP contribution in [0.5, 0.6) is 0 Å². The van der Waals surface area contributed by atoms with Crippen molar-refractivity contribution in [3.05, 3.63) is 35.0 Å². The summed E-state index contributed by atoms with van der Waals surface area (Å²) < 4.78 is 5.79. The van der Waals surface area contributed by atoms with Gasteiger partial charge in [0.15, 0.2) is 0 Å². The lowest BCUT2D eigenvalue weighted by Gasteiger charge is -2.14. The summed E-state index contributed by atoms with van der Waals surface area (Å²) in [5.41, 5.74) is 6.55. The molecule has 2 atom stereocenters. The lowest BCUT2D eigenvalue weighted by Crippen LogP contribution is -2.16. The molecule has 0 radical (unpaired) electrons. The fourth-order valence-electron chi connectivity index (χ4n) is 1.74. The molecule has 2 N–H and O–H groups in total. The number of halogens is 1. The lowest BCUT2D eigenvalue weighted by atomic mass is 9.94. The van der Waals surface area contributed by atoms with Crippen LogP contribution in [0.2, 0.25) is 5.02 Å². The Bertz CT molecular complexity index is 492. The molecule has 0 fully saturated rings. The summed E-state index contributed by atoms with van der Waals surface area (Å²) >= 11 is 5.94. The van der Waals surface area contributed by atoms with Crippen LogP contribution in [0.25, 0.3) is 11.0 Å². The maximum atomic E-state index is 5.94. The number of nitrogens with two attached hydrogens (primary N) is 1. The van der Waals surface area contributed by atoms with Gasteiger partial charge in [0.2, 0.25) is 0 Å². The third-order valence-corrected chi connectivity index (χ3v) is 3.41. The Balaban J connectivity index is 2.39. The van der Waals surface area contributed by atoms with Gasteiger partial charge in [-0.25, -0.2) is 0 Å². The third kappa shape index (κ3) is 2.08. The molecule has 2 aromatic rings. The number of benzene rings is 1. The number of furan rings is 1. The van der Waals surface area contributed by atoms with E-state index in [1.807, 2.05) is 18.2 Å². The van der Waals surface area contributed by atoms with Gasteiger partial charge in [0.05, 0.1) is 0 Å². The predicted octanol–water partition coefficient (Wildman–Crippen LogP) is 3.78. The Morgan fingerprint density at radius 1 is 1.31 bits per heavy atom. The first-order chi connectivity index (χ1) is 7.61. The van der Waals surface area contributed by atoms with Crippen molar-refractivity contribution >= 4 is 22.6 Å². The number of rotatable bonds is 3. The van der Waals surface area contributed by atoms with Gasteiger partial charge in [0, 0.05) is 16.3 Å². The van der Waals surface area contributed by atoms with Crippen molar-refractivity contribution in [2.75, 3.05) is 6.54 Å². The van der Waals surface area contributed by atoms with Gasteiger partial charge in [-0.2, -0.15) is 0 Å². The molecule has 2 unspecified atom stereocenters. The fraction of sp³-hybridized carbons (Fsp3) is 0.385. The fourth-order valence-corrected chi connectivity index (χ4v) is 1.92. The first-order valence-corrected chi connectivity index (χ1v) is 5.88. The third-order valence-electron chi connectivity index (χ3n) is 3.17. The Morgan fingerprint density at radius 3 is 2.75 bits per heavy atom. The van der Waals surface area contributed by atoms with E-state index in [1.165, 1.54) is 0 Å². The zero-order valence-corrected chi connectivity index (χ0v) is 10.3. The largest absolute Gasteiger partial charge is 0.461 e. The van der Waals surface area contributed by atoms with Crippen molar-refractivity contribution < 1.29 is 4.42 Å². The highest BCUT2D eigenvalue weighted by molar-refractivity contribution is 6.31. The second-order valence-corrected chi connectivity index (χ2v) is 4.77. The molecule has 86 valence electrons. The van der Waals surface area contributed by atoms with Gasteiger partial charge in [-0.05, 0) is 36.7 Å². The second-order valence-electron chi connectivity index (χ2n) is 4.33. The lowest BCUT2D eigenvalue weighted by molar-refractivity contribution is 0.416. The van der Waals surface area contributed by atoms with Gasteiger partial charge in [0.25, 0.3) is 0 Å². The molecule has 0 amide bonds. The van der Waals surface area contributed by atoms with Crippen LogP contribution in [0, 0.1) is 5.92 Å². The van der Waals surface area contributed by atoms with Crippen LogP contribution in [-0.4, -0.2) is 6.54 Å². The van der Waals surface area contributed by atoms with Crippen LogP contribution >= 0.6 is 11.6 Å². The Hall–Kier alpha value is -0.990. The van der Waals surface area contributed by atoms with Gasteiger partial charge in [-0.15, -0.1) is 0 Å². The van der Waals surface area contributed by atoms with E-state index in [0.717, 1.165) is 21.8 Å². The van der Waals surface area contributed by atoms with Crippen LogP contribution in [0.3, 0.4) is 0 Å². The Labute approximate surface area is 100 Å². The van der Waals surface area contributed by atoms with Crippen LogP contribution < -0.4 is 5.73 Å². The van der Waals surface area contributed by atoms with Crippen LogP contribution in [0.4, 0.5) is 0 Å². The summed E-state index contributed by atoms with van der Waals surface area (Å²) in [5.74, 6) is 1.72. The Kier molecular flexibility index (Phi) is 3.22. The normalized spacial score (nSPS) is 15.2. The molecular weight excluding hydrogens is 222 g/mol. The number of fused-ring (bicyclic) bond motifs is 1. The summed E-state index contributed by atoms with van der Waals surface area (Å²) in [7, 11) is 0. The van der Waals surface area contributed by atoms with Gasteiger partial charge >= 0.3 is 0 Å². The molecule has 0 aliphatic heterocycles. The maximum absolute atomic E-state index is 5.94. The molecule has 16 heavy (non-hydrogen) atoms. The monoisotopic (exact) mass is 237 g/mol. The summed E-state index contributed by atoms with van der Waals surface area (Å²) in [4.78, 5) is 0. The first kappa shape index (κ1) is 11.5. The van der Waals surface area contributed by atoms with E-state index in [1.54, 1.807) is 0 Å². The summed E-state index contributed by atoms with van der Waals surface area (Å²) in [6, 6.07) is 7.72. The highest BCUT2D eigenvalue weighted by Crippen LogP contribution is 2.30. The minimum absolute atomic E-state index is 0.330. The van der Waals surface area contributed by atoms with Crippen LogP contribution in [-0.2, 0) is 0 Å². The molecule has 0 spiro atoms. The number of hydrogen-bond donors (Lipinski definition) is 1. The SMILES string of the molecule is CC(CN)C(C)c1cc2cc(Cl)ccc2o1. The average molecular weight is 238 g/mol. The highest BCUT2D eigenvalue weighted by Gasteiger charge is 2.17. The molecule has 2 rings (SSSR count). The average Bonchev–Trinajstić information content (AvgIpc) is 2.69. The molecule has 0 aliphatic rings.